The highest BCUT2D eigenvalue weighted by Gasteiger charge is 2.51. The maximum absolute atomic E-state index is 12.9. The van der Waals surface area contributed by atoms with Crippen LogP contribution in [0.5, 0.6) is 0 Å². The molecule has 0 atom stereocenters. The third-order valence-corrected chi connectivity index (χ3v) is 5.81. The molecule has 0 aliphatic carbocycles. The molecule has 27 heavy (non-hydrogen) atoms. The van der Waals surface area contributed by atoms with Crippen molar-refractivity contribution in [2.75, 3.05) is 5.32 Å². The number of thioether (sulfide) groups is 1. The van der Waals surface area contributed by atoms with Crippen molar-refractivity contribution in [3.8, 4) is 0 Å². The molecule has 1 heterocycles. The van der Waals surface area contributed by atoms with Crippen LogP contribution in [0.25, 0.3) is 0 Å². The fourth-order valence-electron chi connectivity index (χ4n) is 2.59. The Morgan fingerprint density at radius 1 is 1.00 bits per heavy atom. The quantitative estimate of drug-likeness (QED) is 0.780. The van der Waals surface area contributed by atoms with Gasteiger partial charge in [0.2, 0.25) is 0 Å². The molecule has 1 aliphatic heterocycles. The third kappa shape index (κ3) is 4.72. The number of rotatable bonds is 4. The summed E-state index contributed by atoms with van der Waals surface area (Å²) < 4.78 is 25.0. The smallest absolute Gasteiger partial charge is 0.399 e. The van der Waals surface area contributed by atoms with Gasteiger partial charge < -0.3 is 14.6 Å². The number of carbonyl (C=O) groups is 1. The molecule has 0 radical (unpaired) electrons. The van der Waals surface area contributed by atoms with Crippen molar-refractivity contribution in [3.63, 3.8) is 0 Å². The molecular weight excluding hydrogens is 364 g/mol. The summed E-state index contributed by atoms with van der Waals surface area (Å²) in [5, 5.41) is 2.55. The third-order valence-electron chi connectivity index (χ3n) is 4.97. The largest absolute Gasteiger partial charge is 0.494 e. The number of anilines is 1. The molecule has 0 bridgehead atoms. The van der Waals surface area contributed by atoms with E-state index in [0.29, 0.717) is 11.4 Å². The van der Waals surface area contributed by atoms with Gasteiger partial charge in [-0.25, -0.2) is 4.39 Å². The van der Waals surface area contributed by atoms with Crippen molar-refractivity contribution in [3.05, 3.63) is 59.9 Å². The Bertz CT molecular complexity index is 793. The summed E-state index contributed by atoms with van der Waals surface area (Å²) in [6.45, 7) is 8.10. The zero-order chi connectivity index (χ0) is 19.7. The Morgan fingerprint density at radius 2 is 1.56 bits per heavy atom. The number of carbonyl (C=O) groups excluding carboxylic acids is 1. The minimum Gasteiger partial charge on any atom is -0.399 e. The fourth-order valence-corrected chi connectivity index (χ4v) is 3.27. The Hall–Kier alpha value is -1.83. The van der Waals surface area contributed by atoms with Crippen LogP contribution in [0.4, 0.5) is 14.9 Å². The highest BCUT2D eigenvalue weighted by molar-refractivity contribution is 8.13. The Morgan fingerprint density at radius 3 is 2.11 bits per heavy atom. The van der Waals surface area contributed by atoms with Gasteiger partial charge in [0.1, 0.15) is 5.82 Å². The molecule has 1 amide bonds. The first-order valence-electron chi connectivity index (χ1n) is 8.80. The SMILES string of the molecule is CC1(C)OB(c2ccc(CSC(=O)Nc3ccc(F)cc3)cc2)OC1(C)C. The summed E-state index contributed by atoms with van der Waals surface area (Å²) >= 11 is 1.16. The molecule has 142 valence electrons. The van der Waals surface area contributed by atoms with Crippen LogP contribution in [0.1, 0.15) is 33.3 Å². The van der Waals surface area contributed by atoms with E-state index in [2.05, 4.69) is 5.32 Å². The average molecular weight is 387 g/mol. The second-order valence-corrected chi connectivity index (χ2v) is 8.49. The number of amides is 1. The van der Waals surface area contributed by atoms with E-state index >= 15 is 0 Å². The lowest BCUT2D eigenvalue weighted by molar-refractivity contribution is 0.00578. The lowest BCUT2D eigenvalue weighted by atomic mass is 9.79. The van der Waals surface area contributed by atoms with Crippen LogP contribution in [-0.2, 0) is 15.1 Å². The molecule has 1 fully saturated rings. The lowest BCUT2D eigenvalue weighted by Crippen LogP contribution is -2.41. The molecule has 3 rings (SSSR count). The second kappa shape index (κ2) is 7.66. The van der Waals surface area contributed by atoms with Gasteiger partial charge in [-0.05, 0) is 63.0 Å². The highest BCUT2D eigenvalue weighted by atomic mass is 32.2. The topological polar surface area (TPSA) is 47.6 Å². The first-order chi connectivity index (χ1) is 12.7. The van der Waals surface area contributed by atoms with E-state index in [1.807, 2.05) is 52.0 Å². The molecule has 0 unspecified atom stereocenters. The molecular formula is C20H23BFNO3S. The molecule has 2 aromatic rings. The molecule has 4 nitrogen and oxygen atoms in total. The van der Waals surface area contributed by atoms with Crippen molar-refractivity contribution in [2.24, 2.45) is 0 Å². The van der Waals surface area contributed by atoms with Crippen molar-refractivity contribution < 1.29 is 18.5 Å². The van der Waals surface area contributed by atoms with Crippen LogP contribution < -0.4 is 10.8 Å². The minimum atomic E-state index is -0.390. The van der Waals surface area contributed by atoms with Gasteiger partial charge in [-0.15, -0.1) is 0 Å². The van der Waals surface area contributed by atoms with E-state index in [4.69, 9.17) is 9.31 Å². The molecule has 0 aromatic heterocycles. The predicted molar refractivity (Wildman–Crippen MR) is 109 cm³/mol. The number of halogens is 1. The number of hydrogen-bond acceptors (Lipinski definition) is 4. The molecule has 2 aromatic carbocycles. The Labute approximate surface area is 164 Å². The molecule has 0 saturated carbocycles. The summed E-state index contributed by atoms with van der Waals surface area (Å²) in [5.41, 5.74) is 1.81. The van der Waals surface area contributed by atoms with Crippen LogP contribution in [0.15, 0.2) is 48.5 Å². The fraction of sp³-hybridized carbons (Fsp3) is 0.350. The van der Waals surface area contributed by atoms with E-state index in [1.165, 1.54) is 24.3 Å². The number of benzene rings is 2. The van der Waals surface area contributed by atoms with E-state index in [-0.39, 0.29) is 22.3 Å². The summed E-state index contributed by atoms with van der Waals surface area (Å²) in [5.74, 6) is 0.208. The summed E-state index contributed by atoms with van der Waals surface area (Å²) in [7, 11) is -0.390. The molecule has 1 saturated heterocycles. The van der Waals surface area contributed by atoms with Crippen molar-refractivity contribution in [1.29, 1.82) is 0 Å². The lowest BCUT2D eigenvalue weighted by Gasteiger charge is -2.32. The molecule has 1 aliphatic rings. The van der Waals surface area contributed by atoms with E-state index < -0.39 is 7.12 Å². The Balaban J connectivity index is 1.54. The minimum absolute atomic E-state index is 0.184. The molecule has 0 spiro atoms. The predicted octanol–water partition coefficient (Wildman–Crippen LogP) is 4.59. The molecule has 1 N–H and O–H groups in total. The first-order valence-corrected chi connectivity index (χ1v) is 9.79. The average Bonchev–Trinajstić information content (AvgIpc) is 2.83. The van der Waals surface area contributed by atoms with Crippen LogP contribution in [-0.4, -0.2) is 23.6 Å². The summed E-state index contributed by atoms with van der Waals surface area (Å²) in [6, 6.07) is 13.6. The van der Waals surface area contributed by atoms with E-state index in [0.717, 1.165) is 22.8 Å². The number of nitrogens with one attached hydrogen (secondary N) is 1. The second-order valence-electron chi connectivity index (χ2n) is 7.54. The van der Waals surface area contributed by atoms with Gasteiger partial charge >= 0.3 is 7.12 Å². The van der Waals surface area contributed by atoms with Gasteiger partial charge in [0.15, 0.2) is 0 Å². The van der Waals surface area contributed by atoms with E-state index in [9.17, 15) is 9.18 Å². The first kappa shape index (κ1) is 19.9. The van der Waals surface area contributed by atoms with Crippen molar-refractivity contribution in [2.45, 2.75) is 44.6 Å². The maximum atomic E-state index is 12.9. The van der Waals surface area contributed by atoms with Gasteiger partial charge in [-0.2, -0.15) is 0 Å². The van der Waals surface area contributed by atoms with Gasteiger partial charge in [-0.3, -0.25) is 4.79 Å². The van der Waals surface area contributed by atoms with Gasteiger partial charge in [-0.1, -0.05) is 36.0 Å². The summed E-state index contributed by atoms with van der Waals surface area (Å²) in [6.07, 6.45) is 0. The van der Waals surface area contributed by atoms with Crippen LogP contribution in [0.3, 0.4) is 0 Å². The summed E-state index contributed by atoms with van der Waals surface area (Å²) in [4.78, 5) is 12.0. The van der Waals surface area contributed by atoms with Crippen molar-refractivity contribution >= 4 is 35.3 Å². The standard InChI is InChI=1S/C20H23BFNO3S/c1-19(2)20(3,4)26-21(25-19)15-7-5-14(6-8-15)13-27-18(24)23-17-11-9-16(22)10-12-17/h5-12H,13H2,1-4H3,(H,23,24). The Kier molecular flexibility index (Phi) is 5.65. The van der Waals surface area contributed by atoms with Gasteiger partial charge in [0.25, 0.3) is 5.24 Å². The van der Waals surface area contributed by atoms with Crippen molar-refractivity contribution in [1.82, 2.24) is 0 Å². The zero-order valence-electron chi connectivity index (χ0n) is 15.9. The van der Waals surface area contributed by atoms with Crippen LogP contribution >= 0.6 is 11.8 Å². The molecule has 7 heteroatoms. The van der Waals surface area contributed by atoms with Gasteiger partial charge in [0.05, 0.1) is 11.2 Å². The monoisotopic (exact) mass is 387 g/mol. The van der Waals surface area contributed by atoms with Crippen LogP contribution in [0, 0.1) is 5.82 Å². The number of hydrogen-bond donors (Lipinski definition) is 1. The highest BCUT2D eigenvalue weighted by Crippen LogP contribution is 2.36. The van der Waals surface area contributed by atoms with E-state index in [1.54, 1.807) is 0 Å². The normalized spacial score (nSPS) is 17.7. The van der Waals surface area contributed by atoms with Gasteiger partial charge in [0, 0.05) is 11.4 Å². The maximum Gasteiger partial charge on any atom is 0.494 e. The van der Waals surface area contributed by atoms with Crippen LogP contribution in [0.2, 0.25) is 0 Å². The zero-order valence-corrected chi connectivity index (χ0v) is 16.7.